The number of benzene rings is 2. The van der Waals surface area contributed by atoms with Crippen LogP contribution in [-0.2, 0) is 39.6 Å². The molecule has 0 spiro atoms. The van der Waals surface area contributed by atoms with E-state index in [0.717, 1.165) is 24.5 Å². The number of fused-ring (bicyclic) bond motifs is 1. The summed E-state index contributed by atoms with van der Waals surface area (Å²) in [5.74, 6) is 0. The van der Waals surface area contributed by atoms with Crippen LogP contribution in [-0.4, -0.2) is 59.0 Å². The maximum atomic E-state index is 11.9. The normalized spacial score (nSPS) is 12.9. The second kappa shape index (κ2) is 9.30. The molecule has 0 aromatic heterocycles. The molecule has 17 heteroatoms. The highest BCUT2D eigenvalue weighted by Gasteiger charge is 2.22. The number of anilines is 1. The average molecular weight is 505 g/mol. The van der Waals surface area contributed by atoms with Gasteiger partial charge in [0.1, 0.15) is 4.90 Å². The van der Waals surface area contributed by atoms with Gasteiger partial charge in [0.25, 0.3) is 20.2 Å². The van der Waals surface area contributed by atoms with E-state index in [1.165, 1.54) is 6.07 Å². The molecule has 2 rings (SSSR count). The molecule has 0 heterocycles. The Morgan fingerprint density at radius 1 is 0.933 bits per heavy atom. The minimum absolute atomic E-state index is 0.0331. The van der Waals surface area contributed by atoms with E-state index in [4.69, 9.17) is 5.26 Å². The number of nitrogens with one attached hydrogen (secondary N) is 2. The van der Waals surface area contributed by atoms with Crippen molar-refractivity contribution < 1.29 is 49.0 Å². The van der Waals surface area contributed by atoms with Crippen LogP contribution < -0.4 is 10.0 Å². The maximum absolute atomic E-state index is 11.9. The minimum Gasteiger partial charge on any atom is -0.384 e. The van der Waals surface area contributed by atoms with Gasteiger partial charge in [-0.05, 0) is 24.3 Å². The average Bonchev–Trinajstić information content (AvgIpc) is 2.60. The van der Waals surface area contributed by atoms with E-state index in [1.54, 1.807) is 0 Å². The molecular weight excluding hydrogens is 488 g/mol. The predicted octanol–water partition coefficient (Wildman–Crippen LogP) is 0.723. The lowest BCUT2D eigenvalue weighted by molar-refractivity contribution is -0.432. The van der Waals surface area contributed by atoms with Crippen LogP contribution in [0.15, 0.2) is 39.0 Å². The Hall–Kier alpha value is -1.54. The highest BCUT2D eigenvalue weighted by molar-refractivity contribution is 7.95. The summed E-state index contributed by atoms with van der Waals surface area (Å²) >= 11 is 0.296. The molecule has 0 saturated heterocycles. The molecule has 0 aliphatic rings. The second-order valence-electron chi connectivity index (χ2n) is 5.76. The summed E-state index contributed by atoms with van der Waals surface area (Å²) in [6, 6.07) is 4.09. The van der Waals surface area contributed by atoms with Gasteiger partial charge in [-0.3, -0.25) is 9.11 Å². The second-order valence-corrected chi connectivity index (χ2v) is 11.1. The number of sulfonamides is 1. The molecule has 0 bridgehead atoms. The number of rotatable bonds is 10. The first kappa shape index (κ1) is 24.7. The molecule has 0 aliphatic heterocycles. The quantitative estimate of drug-likeness (QED) is 0.0995. The Morgan fingerprint density at radius 3 is 2.13 bits per heavy atom. The van der Waals surface area contributed by atoms with Crippen molar-refractivity contribution in [2.45, 2.75) is 14.7 Å². The Morgan fingerprint density at radius 2 is 1.60 bits per heavy atom. The SMILES string of the molecule is CS(=O)(=O)NCCNc1cc(S(=O)(=O)O)c2cc(S(=O)(=O)O)cc(SOOO)c2c1. The summed E-state index contributed by atoms with van der Waals surface area (Å²) in [7, 11) is -13.1. The number of hydrogen-bond acceptors (Lipinski definition) is 11. The van der Waals surface area contributed by atoms with Gasteiger partial charge in [0.05, 0.1) is 23.2 Å². The van der Waals surface area contributed by atoms with Crippen LogP contribution in [0.3, 0.4) is 0 Å². The van der Waals surface area contributed by atoms with Crippen LogP contribution in [0.2, 0.25) is 0 Å². The molecule has 0 fully saturated rings. The van der Waals surface area contributed by atoms with Gasteiger partial charge < -0.3 is 5.32 Å². The van der Waals surface area contributed by atoms with Crippen molar-refractivity contribution in [2.75, 3.05) is 24.7 Å². The Bertz CT molecular complexity index is 1260. The van der Waals surface area contributed by atoms with Crippen molar-refractivity contribution in [1.82, 2.24) is 4.72 Å². The van der Waals surface area contributed by atoms with E-state index in [2.05, 4.69) is 19.4 Å². The minimum atomic E-state index is -4.86. The lowest BCUT2D eigenvalue weighted by Crippen LogP contribution is -2.27. The first-order valence-electron chi connectivity index (χ1n) is 7.62. The summed E-state index contributed by atoms with van der Waals surface area (Å²) in [5.41, 5.74) is 0.122. The Kier molecular flexibility index (Phi) is 7.67. The lowest BCUT2D eigenvalue weighted by Gasteiger charge is -2.14. The summed E-state index contributed by atoms with van der Waals surface area (Å²) in [6.07, 6.45) is 0.957. The van der Waals surface area contributed by atoms with Gasteiger partial charge in [0.2, 0.25) is 10.0 Å². The van der Waals surface area contributed by atoms with Crippen LogP contribution in [0.4, 0.5) is 5.69 Å². The van der Waals surface area contributed by atoms with E-state index < -0.39 is 40.1 Å². The van der Waals surface area contributed by atoms with Crippen molar-refractivity contribution in [2.24, 2.45) is 0 Å². The van der Waals surface area contributed by atoms with Crippen molar-refractivity contribution in [1.29, 1.82) is 0 Å². The fraction of sp³-hybridized carbons (Fsp3) is 0.231. The van der Waals surface area contributed by atoms with Crippen LogP contribution >= 0.6 is 12.0 Å². The van der Waals surface area contributed by atoms with E-state index in [9.17, 15) is 34.4 Å². The molecule has 0 saturated carbocycles. The van der Waals surface area contributed by atoms with E-state index in [1.807, 2.05) is 0 Å². The first-order valence-corrected chi connectivity index (χ1v) is 13.1. The first-order chi connectivity index (χ1) is 13.7. The summed E-state index contributed by atoms with van der Waals surface area (Å²) < 4.78 is 94.4. The zero-order chi connectivity index (χ0) is 22.7. The Labute approximate surface area is 176 Å². The van der Waals surface area contributed by atoms with Crippen molar-refractivity contribution >= 4 is 58.8 Å². The molecule has 0 atom stereocenters. The molecule has 2 aromatic rings. The molecule has 0 radical (unpaired) electrons. The standard InChI is InChI=1S/C13H16N2O11S4/c1-28(17,18)15-3-2-14-8-4-10-11(13(5-8)30(22,23)24)6-9(29(19,20)21)7-12(10)27-26-25-16/h4-7,14-16H,2-3H2,1H3,(H,19,20,21)(H,22,23,24). The molecule has 30 heavy (non-hydrogen) atoms. The van der Waals surface area contributed by atoms with Gasteiger partial charge in [-0.25, -0.2) is 18.4 Å². The third-order valence-corrected chi connectivity index (χ3v) is 6.62. The molecule has 0 unspecified atom stereocenters. The zero-order valence-electron chi connectivity index (χ0n) is 15.0. The van der Waals surface area contributed by atoms with E-state index in [0.29, 0.717) is 12.0 Å². The number of hydrogen-bond donors (Lipinski definition) is 5. The van der Waals surface area contributed by atoms with Crippen LogP contribution in [0.25, 0.3) is 10.8 Å². The summed E-state index contributed by atoms with van der Waals surface area (Å²) in [5, 5.41) is 14.3. The van der Waals surface area contributed by atoms with Crippen LogP contribution in [0.5, 0.6) is 0 Å². The van der Waals surface area contributed by atoms with Crippen LogP contribution in [0.1, 0.15) is 0 Å². The fourth-order valence-electron chi connectivity index (χ4n) is 2.40. The van der Waals surface area contributed by atoms with Crippen LogP contribution in [0, 0.1) is 0 Å². The molecule has 0 amide bonds. The molecule has 0 aliphatic carbocycles. The molecular formula is C13H16N2O11S4. The van der Waals surface area contributed by atoms with Crippen molar-refractivity contribution in [3.05, 3.63) is 24.3 Å². The molecule has 5 N–H and O–H groups in total. The van der Waals surface area contributed by atoms with Gasteiger partial charge in [0.15, 0.2) is 0 Å². The summed E-state index contributed by atoms with van der Waals surface area (Å²) in [4.78, 5) is -1.50. The predicted molar refractivity (Wildman–Crippen MR) is 106 cm³/mol. The van der Waals surface area contributed by atoms with E-state index >= 15 is 0 Å². The van der Waals surface area contributed by atoms with E-state index in [-0.39, 0.29) is 34.4 Å². The zero-order valence-corrected chi connectivity index (χ0v) is 18.2. The highest BCUT2D eigenvalue weighted by atomic mass is 32.2. The smallest absolute Gasteiger partial charge is 0.295 e. The fourth-order valence-corrected chi connectivity index (χ4v) is 4.74. The maximum Gasteiger partial charge on any atom is 0.295 e. The molecule has 168 valence electrons. The topological polar surface area (TPSA) is 206 Å². The molecule has 2 aromatic carbocycles. The van der Waals surface area contributed by atoms with Gasteiger partial charge >= 0.3 is 0 Å². The van der Waals surface area contributed by atoms with Crippen molar-refractivity contribution in [3.63, 3.8) is 0 Å². The Balaban J connectivity index is 2.64. The summed E-state index contributed by atoms with van der Waals surface area (Å²) in [6.45, 7) is -0.00579. The molecule has 13 nitrogen and oxygen atoms in total. The highest BCUT2D eigenvalue weighted by Crippen LogP contribution is 2.37. The van der Waals surface area contributed by atoms with Gasteiger partial charge in [-0.2, -0.15) is 16.8 Å². The van der Waals surface area contributed by atoms with Gasteiger partial charge in [0, 0.05) is 34.4 Å². The van der Waals surface area contributed by atoms with Gasteiger partial charge in [-0.1, -0.05) is 5.04 Å². The lowest BCUT2D eigenvalue weighted by atomic mass is 10.1. The third-order valence-electron chi connectivity index (χ3n) is 3.52. The monoisotopic (exact) mass is 504 g/mol. The van der Waals surface area contributed by atoms with Gasteiger partial charge in [-0.15, -0.1) is 4.33 Å². The largest absolute Gasteiger partial charge is 0.384 e. The van der Waals surface area contributed by atoms with Crippen molar-refractivity contribution in [3.8, 4) is 0 Å². The third kappa shape index (κ3) is 6.74.